The molecule has 0 bridgehead atoms. The van der Waals surface area contributed by atoms with Crippen molar-refractivity contribution >= 4 is 0 Å². The molecule has 10 aliphatic rings. The summed E-state index contributed by atoms with van der Waals surface area (Å²) in [5.41, 5.74) is 1.96. The van der Waals surface area contributed by atoms with E-state index in [1.807, 2.05) is 0 Å². The molecule has 0 spiro atoms. The van der Waals surface area contributed by atoms with Crippen molar-refractivity contribution in [1.29, 1.82) is 0 Å². The topological polar surface area (TPSA) is 0 Å². The molecular weight excluding hydrogens is 925 g/mol. The average molecular weight is 1080 g/mol. The molecule has 3 unspecified atom stereocenters. The lowest BCUT2D eigenvalue weighted by Gasteiger charge is -2.37. The average Bonchev–Trinajstić information content (AvgIpc) is 4.17. The van der Waals surface area contributed by atoms with Gasteiger partial charge in [0.15, 0.2) is 0 Å². The van der Waals surface area contributed by atoms with Crippen LogP contribution < -0.4 is 0 Å². The molecule has 0 heteroatoms. The molecule has 77 heavy (non-hydrogen) atoms. The Labute approximate surface area is 492 Å². The summed E-state index contributed by atoms with van der Waals surface area (Å²) in [6, 6.07) is 0. The lowest BCUT2D eigenvalue weighted by molar-refractivity contribution is 0.155. The quantitative estimate of drug-likeness (QED) is 0.238. The van der Waals surface area contributed by atoms with Crippen LogP contribution in [0.5, 0.6) is 0 Å². The van der Waals surface area contributed by atoms with Crippen molar-refractivity contribution in [1.82, 2.24) is 0 Å². The number of hydrogen-bond donors (Lipinski definition) is 0. The zero-order chi connectivity index (χ0) is 58.5. The first-order chi connectivity index (χ1) is 36.2. The summed E-state index contributed by atoms with van der Waals surface area (Å²) in [6.45, 7) is 51.0. The smallest absolute Gasteiger partial charge is 0.0328 e. The predicted molar refractivity (Wildman–Crippen MR) is 356 cm³/mol. The Morgan fingerprint density at radius 1 is 0.390 bits per heavy atom. The van der Waals surface area contributed by atoms with Crippen LogP contribution in [0.15, 0.2) is 0 Å². The Hall–Kier alpha value is 0. The van der Waals surface area contributed by atoms with Crippen molar-refractivity contribution in [2.24, 2.45) is 99.1 Å². The fourth-order valence-electron chi connectivity index (χ4n) is 13.1. The van der Waals surface area contributed by atoms with E-state index in [4.69, 9.17) is 0 Å². The van der Waals surface area contributed by atoms with Crippen LogP contribution in [0, 0.1) is 99.1 Å². The molecule has 0 aromatic carbocycles. The largest absolute Gasteiger partial charge is 0.0654 e. The minimum absolute atomic E-state index is 0.500. The monoisotopic (exact) mass is 1080 g/mol. The Morgan fingerprint density at radius 2 is 0.844 bits per heavy atom. The van der Waals surface area contributed by atoms with Gasteiger partial charge in [-0.3, -0.25) is 0 Å². The third kappa shape index (κ3) is 40.0. The van der Waals surface area contributed by atoms with Gasteiger partial charge in [0, 0.05) is 0 Å². The number of hydrogen-bond acceptors (Lipinski definition) is 0. The van der Waals surface area contributed by atoms with Gasteiger partial charge in [-0.2, -0.15) is 0 Å². The maximum atomic E-state index is 2.39. The van der Waals surface area contributed by atoms with E-state index in [9.17, 15) is 0 Å². The second-order valence-corrected chi connectivity index (χ2v) is 32.2. The van der Waals surface area contributed by atoms with Crippen molar-refractivity contribution in [3.8, 4) is 0 Å². The van der Waals surface area contributed by atoms with Crippen molar-refractivity contribution in [3.05, 3.63) is 0 Å². The van der Waals surface area contributed by atoms with Gasteiger partial charge in [-0.1, -0.05) is 345 Å². The lowest BCUT2D eigenvalue weighted by atomic mass is 9.69. The maximum absolute atomic E-state index is 2.39. The van der Waals surface area contributed by atoms with Gasteiger partial charge in [0.1, 0.15) is 0 Å². The molecule has 6 atom stereocenters. The summed E-state index contributed by atoms with van der Waals surface area (Å²) in [7, 11) is 0. The molecule has 0 saturated heterocycles. The van der Waals surface area contributed by atoms with Crippen LogP contribution in [0.2, 0.25) is 0 Å². The van der Waals surface area contributed by atoms with Crippen LogP contribution in [-0.2, 0) is 0 Å². The zero-order valence-corrected chi connectivity index (χ0v) is 58.5. The van der Waals surface area contributed by atoms with Crippen LogP contribution in [0.1, 0.15) is 396 Å². The summed E-state index contributed by atoms with van der Waals surface area (Å²) in [5, 5.41) is 0. The molecule has 0 aromatic heterocycles. The molecular formula is C77H156. The third-order valence-electron chi connectivity index (χ3n) is 22.7. The first kappa shape index (κ1) is 77.0. The molecule has 10 aliphatic carbocycles. The summed E-state index contributed by atoms with van der Waals surface area (Å²) >= 11 is 0. The van der Waals surface area contributed by atoms with E-state index in [1.165, 1.54) is 244 Å². The van der Waals surface area contributed by atoms with Gasteiger partial charge in [0.05, 0.1) is 0 Å². The van der Waals surface area contributed by atoms with Gasteiger partial charge in [0.2, 0.25) is 0 Å². The van der Waals surface area contributed by atoms with Gasteiger partial charge in [0.25, 0.3) is 0 Å². The molecule has 0 aliphatic heterocycles. The van der Waals surface area contributed by atoms with Gasteiger partial charge >= 0.3 is 0 Å². The molecule has 10 rings (SSSR count). The fourth-order valence-corrected chi connectivity index (χ4v) is 13.1. The summed E-state index contributed by atoms with van der Waals surface area (Å²) in [4.78, 5) is 0. The van der Waals surface area contributed by atoms with Gasteiger partial charge < -0.3 is 0 Å². The van der Waals surface area contributed by atoms with E-state index in [1.54, 1.807) is 0 Å². The van der Waals surface area contributed by atoms with Gasteiger partial charge in [-0.15, -0.1) is 0 Å². The Kier molecular flexibility index (Phi) is 44.5. The first-order valence-electron chi connectivity index (χ1n) is 36.2. The highest BCUT2D eigenvalue weighted by Gasteiger charge is 2.29. The lowest BCUT2D eigenvalue weighted by Crippen LogP contribution is -2.23. The van der Waals surface area contributed by atoms with E-state index in [2.05, 4.69) is 152 Å². The summed E-state index contributed by atoms with van der Waals surface area (Å²) in [5.74, 6) is 14.4. The zero-order valence-electron chi connectivity index (χ0n) is 58.5. The predicted octanol–water partition coefficient (Wildman–Crippen LogP) is 27.8. The van der Waals surface area contributed by atoms with Crippen molar-refractivity contribution in [3.63, 3.8) is 0 Å². The molecule has 0 amide bonds. The van der Waals surface area contributed by atoms with Crippen molar-refractivity contribution in [2.75, 3.05) is 0 Å². The molecule has 0 N–H and O–H groups in total. The molecule has 464 valence electrons. The maximum Gasteiger partial charge on any atom is -0.0328 e. The Bertz CT molecular complexity index is 1190. The van der Waals surface area contributed by atoms with E-state index >= 15 is 0 Å². The van der Waals surface area contributed by atoms with Crippen LogP contribution in [-0.4, -0.2) is 0 Å². The summed E-state index contributed by atoms with van der Waals surface area (Å²) in [6.07, 6.45) is 56.1. The third-order valence-corrected chi connectivity index (χ3v) is 22.7. The summed E-state index contributed by atoms with van der Waals surface area (Å²) < 4.78 is 0. The molecule has 0 nitrogen and oxygen atoms in total. The van der Waals surface area contributed by atoms with E-state index < -0.39 is 0 Å². The molecule has 10 fully saturated rings. The van der Waals surface area contributed by atoms with E-state index in [0.29, 0.717) is 10.8 Å². The first-order valence-corrected chi connectivity index (χ1v) is 36.2. The molecule has 10 saturated carbocycles. The van der Waals surface area contributed by atoms with Gasteiger partial charge in [-0.05, 0) is 150 Å². The minimum atomic E-state index is 0.500. The van der Waals surface area contributed by atoms with Crippen LogP contribution in [0.25, 0.3) is 0 Å². The van der Waals surface area contributed by atoms with Gasteiger partial charge in [-0.25, -0.2) is 0 Å². The van der Waals surface area contributed by atoms with Crippen LogP contribution >= 0.6 is 0 Å². The highest BCUT2D eigenvalue weighted by atomic mass is 14.3. The number of rotatable bonds is 7. The Morgan fingerprint density at radius 3 is 0.961 bits per heavy atom. The molecule has 0 aromatic rings. The minimum Gasteiger partial charge on any atom is -0.0654 e. The van der Waals surface area contributed by atoms with E-state index in [0.717, 1.165) is 88.3 Å². The van der Waals surface area contributed by atoms with Crippen molar-refractivity contribution in [2.45, 2.75) is 396 Å². The van der Waals surface area contributed by atoms with E-state index in [-0.39, 0.29) is 0 Å². The fraction of sp³-hybridized carbons (Fsp3) is 1.00. The molecule has 0 radical (unpaired) electrons. The molecule has 0 heterocycles. The highest BCUT2D eigenvalue weighted by Crippen LogP contribution is 2.43. The second-order valence-electron chi connectivity index (χ2n) is 32.2. The van der Waals surface area contributed by atoms with Crippen LogP contribution in [0.3, 0.4) is 0 Å². The standard InChI is InChI=1S/10C7H14.C7H16/c1-6-3-4-7(2)5-6;1-7(2)5-3-4-6-7;1-6-4-3-5-7(6)2;1-6(2)7-4-3-5-7;1-7-5-3-2-4-6-7;1-3-7-4-6(2)5-7;1-3-7(2)5-4-6-7;1-3-7-5-4-6(7)2;1-2-7-5-3-4-6-7;1-2-4-7-5-3-6-7;1-6(2)7(3,4)5/h6-7H,3-5H2,1-2H3;3-6H2,1-2H3;2*6-7H,3-5H2,1-2H3;7H,2-6H2,1H3;6-7H,3-5H2,1-2H3;3-6H2,1-2H3;6-7H,3-5H2,1-2H3;2*7H,2-6H2,1H3;6H,1-5H3/t6-,7?;;6-,7?;;;;;6-,7?;;;/m1.1....0.../s1. The van der Waals surface area contributed by atoms with Crippen LogP contribution in [0.4, 0.5) is 0 Å². The Balaban J connectivity index is 0.000000825. The normalized spacial score (nSPS) is 29.6. The SMILES string of the molecule is CC(C)C(C)(C)C.CC(C)C1CCC1.CC1(C)CCCC1.CC1CCCCC1.CC1CCC[C@H]1C.CC1CC[C@@H](C)C1.CCC1(C)CCC1.CCC1CC(C)C1.CCC1CCCC1.CCC1CC[C@@H]1C.CCCC1CCC1. The van der Waals surface area contributed by atoms with Crippen molar-refractivity contribution < 1.29 is 0 Å². The second kappa shape index (κ2) is 44.5. The highest BCUT2D eigenvalue weighted by molar-refractivity contribution is 4.81.